The molecule has 1 atom stereocenters. The number of rotatable bonds is 5. The molecule has 0 bridgehead atoms. The number of hydrogen-bond donors (Lipinski definition) is 3. The highest BCUT2D eigenvalue weighted by Gasteiger charge is 2.15. The molecule has 0 aliphatic carbocycles. The van der Waals surface area contributed by atoms with Crippen LogP contribution < -0.4 is 16.4 Å². The third kappa shape index (κ3) is 4.83. The second kappa shape index (κ2) is 7.87. The van der Waals surface area contributed by atoms with Gasteiger partial charge in [0.1, 0.15) is 0 Å². The lowest BCUT2D eigenvalue weighted by molar-refractivity contribution is -0.116. The van der Waals surface area contributed by atoms with E-state index in [4.69, 9.17) is 5.73 Å². The van der Waals surface area contributed by atoms with E-state index in [1.807, 2.05) is 0 Å². The van der Waals surface area contributed by atoms with Gasteiger partial charge in [-0.05, 0) is 44.0 Å². The standard InChI is InChI=1S/C14H19N3O2.ClH/c15-14(19)10-3-1-4-12(9-10)17-13(18)7-6-11-5-2-8-16-11;/h1,3-4,9,11,16H,2,5-8H2,(H2,15,19)(H,17,18);1H. The van der Waals surface area contributed by atoms with Crippen LogP contribution >= 0.6 is 12.4 Å². The Labute approximate surface area is 124 Å². The molecule has 4 N–H and O–H groups in total. The van der Waals surface area contributed by atoms with Crippen molar-refractivity contribution in [1.82, 2.24) is 5.32 Å². The lowest BCUT2D eigenvalue weighted by Crippen LogP contribution is -2.23. The zero-order valence-corrected chi connectivity index (χ0v) is 12.0. The van der Waals surface area contributed by atoms with Crippen LogP contribution in [0.2, 0.25) is 0 Å². The van der Waals surface area contributed by atoms with Crippen LogP contribution in [-0.4, -0.2) is 24.4 Å². The number of carbonyl (C=O) groups excluding carboxylic acids is 2. The summed E-state index contributed by atoms with van der Waals surface area (Å²) in [6, 6.07) is 7.13. The summed E-state index contributed by atoms with van der Waals surface area (Å²) in [6.07, 6.45) is 3.66. The summed E-state index contributed by atoms with van der Waals surface area (Å²) in [5.41, 5.74) is 6.21. The minimum Gasteiger partial charge on any atom is -0.366 e. The summed E-state index contributed by atoms with van der Waals surface area (Å²) in [5.74, 6) is -0.526. The van der Waals surface area contributed by atoms with Gasteiger partial charge in [0.25, 0.3) is 0 Å². The normalized spacial score (nSPS) is 17.3. The van der Waals surface area contributed by atoms with Crippen molar-refractivity contribution in [3.8, 4) is 0 Å². The second-order valence-electron chi connectivity index (χ2n) is 4.83. The molecule has 0 spiro atoms. The Morgan fingerprint density at radius 2 is 2.20 bits per heavy atom. The fourth-order valence-corrected chi connectivity index (χ4v) is 2.28. The Morgan fingerprint density at radius 3 is 2.85 bits per heavy atom. The number of halogens is 1. The molecule has 1 aliphatic rings. The van der Waals surface area contributed by atoms with Gasteiger partial charge in [0.05, 0.1) is 0 Å². The number of benzene rings is 1. The maximum absolute atomic E-state index is 11.8. The van der Waals surface area contributed by atoms with Crippen LogP contribution in [0.1, 0.15) is 36.0 Å². The molecule has 1 aromatic carbocycles. The van der Waals surface area contributed by atoms with E-state index >= 15 is 0 Å². The summed E-state index contributed by atoms with van der Waals surface area (Å²) >= 11 is 0. The van der Waals surface area contributed by atoms with E-state index in [1.165, 1.54) is 6.42 Å². The fraction of sp³-hybridized carbons (Fsp3) is 0.429. The molecule has 1 aromatic rings. The average Bonchev–Trinajstić information content (AvgIpc) is 2.90. The highest BCUT2D eigenvalue weighted by atomic mass is 35.5. The number of anilines is 1. The molecule has 0 radical (unpaired) electrons. The van der Waals surface area contributed by atoms with Crippen molar-refractivity contribution in [2.75, 3.05) is 11.9 Å². The van der Waals surface area contributed by atoms with Crippen molar-refractivity contribution in [3.05, 3.63) is 29.8 Å². The molecule has 1 saturated heterocycles. The van der Waals surface area contributed by atoms with E-state index < -0.39 is 5.91 Å². The van der Waals surface area contributed by atoms with Crippen molar-refractivity contribution in [2.45, 2.75) is 31.7 Å². The van der Waals surface area contributed by atoms with Gasteiger partial charge in [0.2, 0.25) is 11.8 Å². The van der Waals surface area contributed by atoms with Gasteiger partial charge >= 0.3 is 0 Å². The molecule has 0 saturated carbocycles. The molecule has 6 heteroatoms. The van der Waals surface area contributed by atoms with Gasteiger partial charge in [-0.25, -0.2) is 0 Å². The van der Waals surface area contributed by atoms with E-state index in [9.17, 15) is 9.59 Å². The van der Waals surface area contributed by atoms with Gasteiger partial charge in [0.15, 0.2) is 0 Å². The Hall–Kier alpha value is -1.59. The lowest BCUT2D eigenvalue weighted by Gasteiger charge is -2.10. The summed E-state index contributed by atoms with van der Waals surface area (Å²) in [4.78, 5) is 22.8. The fourth-order valence-electron chi connectivity index (χ4n) is 2.28. The van der Waals surface area contributed by atoms with Crippen molar-refractivity contribution in [1.29, 1.82) is 0 Å². The van der Waals surface area contributed by atoms with E-state index in [2.05, 4.69) is 10.6 Å². The number of amides is 2. The molecule has 1 aliphatic heterocycles. The monoisotopic (exact) mass is 297 g/mol. The molecule has 1 heterocycles. The molecule has 0 aromatic heterocycles. The number of carbonyl (C=O) groups is 2. The van der Waals surface area contributed by atoms with Crippen molar-refractivity contribution < 1.29 is 9.59 Å². The molecule has 2 amide bonds. The molecule has 1 unspecified atom stereocenters. The largest absolute Gasteiger partial charge is 0.366 e. The first-order valence-corrected chi connectivity index (χ1v) is 6.58. The second-order valence-corrected chi connectivity index (χ2v) is 4.83. The minimum absolute atomic E-state index is 0. The number of nitrogens with one attached hydrogen (secondary N) is 2. The van der Waals surface area contributed by atoms with Crippen LogP contribution in [0.5, 0.6) is 0 Å². The molecular weight excluding hydrogens is 278 g/mol. The van der Waals surface area contributed by atoms with Gasteiger partial charge in [-0.3, -0.25) is 9.59 Å². The van der Waals surface area contributed by atoms with E-state index in [0.29, 0.717) is 23.7 Å². The SMILES string of the molecule is Cl.NC(=O)c1cccc(NC(=O)CCC2CCCN2)c1. The smallest absolute Gasteiger partial charge is 0.248 e. The molecule has 110 valence electrons. The number of primary amides is 1. The Balaban J connectivity index is 0.00000200. The van der Waals surface area contributed by atoms with Crippen LogP contribution in [0.15, 0.2) is 24.3 Å². The highest BCUT2D eigenvalue weighted by molar-refractivity contribution is 5.96. The van der Waals surface area contributed by atoms with Gasteiger partial charge < -0.3 is 16.4 Å². The third-order valence-electron chi connectivity index (χ3n) is 3.31. The first kappa shape index (κ1) is 16.5. The number of hydrogen-bond acceptors (Lipinski definition) is 3. The molecule has 5 nitrogen and oxygen atoms in total. The van der Waals surface area contributed by atoms with Crippen LogP contribution in [0.4, 0.5) is 5.69 Å². The Morgan fingerprint density at radius 1 is 1.40 bits per heavy atom. The van der Waals surface area contributed by atoms with Crippen LogP contribution in [0.25, 0.3) is 0 Å². The first-order chi connectivity index (χ1) is 9.15. The Bertz CT molecular complexity index is 473. The predicted octanol–water partition coefficient (Wildman–Crippen LogP) is 1.68. The van der Waals surface area contributed by atoms with Crippen LogP contribution in [0, 0.1) is 0 Å². The minimum atomic E-state index is -0.494. The van der Waals surface area contributed by atoms with E-state index in [-0.39, 0.29) is 18.3 Å². The van der Waals surface area contributed by atoms with Crippen LogP contribution in [0.3, 0.4) is 0 Å². The summed E-state index contributed by atoms with van der Waals surface area (Å²) in [6.45, 7) is 1.05. The molecule has 20 heavy (non-hydrogen) atoms. The summed E-state index contributed by atoms with van der Waals surface area (Å²) < 4.78 is 0. The molecule has 1 fully saturated rings. The maximum Gasteiger partial charge on any atom is 0.248 e. The Kier molecular flexibility index (Phi) is 6.48. The average molecular weight is 298 g/mol. The molecule has 2 rings (SSSR count). The quantitative estimate of drug-likeness (QED) is 0.773. The van der Waals surface area contributed by atoms with Gasteiger partial charge in [-0.1, -0.05) is 6.07 Å². The third-order valence-corrected chi connectivity index (χ3v) is 3.31. The topological polar surface area (TPSA) is 84.2 Å². The summed E-state index contributed by atoms with van der Waals surface area (Å²) in [7, 11) is 0. The van der Waals surface area contributed by atoms with Gasteiger partial charge in [0, 0.05) is 23.7 Å². The van der Waals surface area contributed by atoms with E-state index in [1.54, 1.807) is 24.3 Å². The van der Waals surface area contributed by atoms with Crippen molar-refractivity contribution in [2.24, 2.45) is 5.73 Å². The summed E-state index contributed by atoms with van der Waals surface area (Å²) in [5, 5.41) is 6.15. The zero-order chi connectivity index (χ0) is 13.7. The number of nitrogens with two attached hydrogens (primary N) is 1. The predicted molar refractivity (Wildman–Crippen MR) is 81.1 cm³/mol. The van der Waals surface area contributed by atoms with Gasteiger partial charge in [-0.2, -0.15) is 0 Å². The first-order valence-electron chi connectivity index (χ1n) is 6.58. The highest BCUT2D eigenvalue weighted by Crippen LogP contribution is 2.13. The van der Waals surface area contributed by atoms with Crippen LogP contribution in [-0.2, 0) is 4.79 Å². The van der Waals surface area contributed by atoms with Gasteiger partial charge in [-0.15, -0.1) is 12.4 Å². The van der Waals surface area contributed by atoms with E-state index in [0.717, 1.165) is 19.4 Å². The molecular formula is C14H20ClN3O2. The van der Waals surface area contributed by atoms with Crippen molar-refractivity contribution in [3.63, 3.8) is 0 Å². The van der Waals surface area contributed by atoms with Crippen molar-refractivity contribution >= 4 is 29.9 Å². The zero-order valence-electron chi connectivity index (χ0n) is 11.2. The lowest BCUT2D eigenvalue weighted by atomic mass is 10.1. The maximum atomic E-state index is 11.8.